The number of hydrogen-bond donors (Lipinski definition) is 5. The molecular weight excluding hydrogens is 418 g/mol. The zero-order valence-electron chi connectivity index (χ0n) is 16.9. The van der Waals surface area contributed by atoms with Gasteiger partial charge in [-0.2, -0.15) is 5.10 Å². The first kappa shape index (κ1) is 21.6. The molecule has 1 saturated heterocycles. The lowest BCUT2D eigenvalue weighted by Gasteiger charge is -2.18. The van der Waals surface area contributed by atoms with Crippen LogP contribution < -0.4 is 15.9 Å². The Balaban J connectivity index is 1.61. The number of anilines is 2. The molecule has 1 fully saturated rings. The van der Waals surface area contributed by atoms with E-state index >= 15 is 0 Å². The predicted molar refractivity (Wildman–Crippen MR) is 116 cm³/mol. The van der Waals surface area contributed by atoms with Gasteiger partial charge in [-0.25, -0.2) is 20.4 Å². The van der Waals surface area contributed by atoms with E-state index in [4.69, 9.17) is 15.2 Å². The summed E-state index contributed by atoms with van der Waals surface area (Å²) in [6.07, 6.45) is -0.207. The second-order valence-corrected chi connectivity index (χ2v) is 7.00. The molecule has 0 bridgehead atoms. The number of aliphatic hydroxyl groups excluding tert-OH is 3. The third-order valence-electron chi connectivity index (χ3n) is 4.90. The number of nitrogens with one attached hydrogen (secondary N) is 1. The number of hydrogen-bond acceptors (Lipinski definition) is 11. The Morgan fingerprint density at radius 1 is 1.25 bits per heavy atom. The van der Waals surface area contributed by atoms with Gasteiger partial charge in [0.2, 0.25) is 5.95 Å². The average molecular weight is 441 g/mol. The number of rotatable bonds is 8. The molecule has 3 heterocycles. The van der Waals surface area contributed by atoms with Gasteiger partial charge in [-0.15, -0.1) is 0 Å². The fourth-order valence-electron chi connectivity index (χ4n) is 3.31. The molecule has 0 saturated carbocycles. The summed E-state index contributed by atoms with van der Waals surface area (Å²) in [7, 11) is 0. The summed E-state index contributed by atoms with van der Waals surface area (Å²) in [5, 5.41) is 34.2. The monoisotopic (exact) mass is 441 g/mol. The van der Waals surface area contributed by atoms with E-state index in [1.807, 2.05) is 12.1 Å². The highest BCUT2D eigenvalue weighted by atomic mass is 16.6. The van der Waals surface area contributed by atoms with Crippen LogP contribution in [0.15, 0.2) is 48.3 Å². The molecule has 1 aromatic carbocycles. The van der Waals surface area contributed by atoms with Gasteiger partial charge in [-0.05, 0) is 29.8 Å². The molecule has 2 aromatic heterocycles. The Bertz CT molecular complexity index is 1120. The summed E-state index contributed by atoms with van der Waals surface area (Å²) in [5.41, 5.74) is 10.0. The van der Waals surface area contributed by atoms with Crippen molar-refractivity contribution in [2.45, 2.75) is 24.5 Å². The minimum Gasteiger partial charge on any atom is -0.490 e. The summed E-state index contributed by atoms with van der Waals surface area (Å²) >= 11 is 0. The summed E-state index contributed by atoms with van der Waals surface area (Å²) in [4.78, 5) is 12.5. The highest BCUT2D eigenvalue weighted by Gasteiger charge is 2.45. The van der Waals surface area contributed by atoms with E-state index in [0.717, 1.165) is 5.56 Å². The Morgan fingerprint density at radius 3 is 2.72 bits per heavy atom. The minimum atomic E-state index is -1.34. The van der Waals surface area contributed by atoms with Crippen molar-refractivity contribution < 1.29 is 24.8 Å². The van der Waals surface area contributed by atoms with Crippen molar-refractivity contribution in [1.82, 2.24) is 19.5 Å². The van der Waals surface area contributed by atoms with E-state index in [2.05, 4.69) is 32.1 Å². The Labute approximate surface area is 182 Å². The zero-order chi connectivity index (χ0) is 22.7. The number of hydrazone groups is 1. The number of nitrogens with two attached hydrogens (primary N) is 1. The quantitative estimate of drug-likeness (QED) is 0.182. The van der Waals surface area contributed by atoms with Crippen molar-refractivity contribution in [3.8, 4) is 5.75 Å². The molecule has 0 amide bonds. The van der Waals surface area contributed by atoms with Crippen molar-refractivity contribution >= 4 is 29.1 Å². The molecule has 4 atom stereocenters. The van der Waals surface area contributed by atoms with Crippen molar-refractivity contribution in [2.75, 3.05) is 24.4 Å². The molecule has 4 rings (SSSR count). The normalized spacial score (nSPS) is 23.1. The fraction of sp³-hybridized carbons (Fsp3) is 0.300. The topological polar surface area (TPSA) is 173 Å². The molecule has 32 heavy (non-hydrogen) atoms. The van der Waals surface area contributed by atoms with Crippen LogP contribution in [0.2, 0.25) is 0 Å². The van der Waals surface area contributed by atoms with E-state index in [0.29, 0.717) is 12.4 Å². The van der Waals surface area contributed by atoms with Gasteiger partial charge in [0.1, 0.15) is 37.0 Å². The molecule has 0 radical (unpaired) electrons. The van der Waals surface area contributed by atoms with Crippen molar-refractivity contribution in [3.63, 3.8) is 0 Å². The Hall–Kier alpha value is -3.58. The van der Waals surface area contributed by atoms with E-state index in [1.54, 1.807) is 24.4 Å². The smallest absolute Gasteiger partial charge is 0.228 e. The number of benzene rings is 1. The maximum atomic E-state index is 10.5. The summed E-state index contributed by atoms with van der Waals surface area (Å²) in [5.74, 6) is 0.988. The zero-order valence-corrected chi connectivity index (χ0v) is 16.9. The molecule has 0 aliphatic carbocycles. The molecule has 168 valence electrons. The van der Waals surface area contributed by atoms with E-state index in [9.17, 15) is 15.3 Å². The molecule has 12 nitrogen and oxygen atoms in total. The first-order chi connectivity index (χ1) is 15.5. The summed E-state index contributed by atoms with van der Waals surface area (Å²) in [6.45, 7) is 3.56. The lowest BCUT2D eigenvalue weighted by atomic mass is 10.1. The second-order valence-electron chi connectivity index (χ2n) is 7.00. The van der Waals surface area contributed by atoms with Crippen molar-refractivity contribution in [1.29, 1.82) is 0 Å². The summed E-state index contributed by atoms with van der Waals surface area (Å²) in [6, 6.07) is 7.25. The molecule has 1 aliphatic heterocycles. The first-order valence-electron chi connectivity index (χ1n) is 9.77. The van der Waals surface area contributed by atoms with Crippen LogP contribution in [0.25, 0.3) is 11.2 Å². The van der Waals surface area contributed by atoms with Crippen LogP contribution in [0.5, 0.6) is 5.75 Å². The van der Waals surface area contributed by atoms with E-state index in [1.165, 1.54) is 10.9 Å². The number of nitrogen functional groups attached to an aromatic ring is 1. The number of nitrogens with zero attached hydrogens (tertiary/aromatic N) is 5. The molecule has 1 aliphatic rings. The van der Waals surface area contributed by atoms with Gasteiger partial charge in [0.25, 0.3) is 0 Å². The van der Waals surface area contributed by atoms with Crippen LogP contribution >= 0.6 is 0 Å². The van der Waals surface area contributed by atoms with Gasteiger partial charge in [0.15, 0.2) is 23.2 Å². The Kier molecular flexibility index (Phi) is 6.28. The lowest BCUT2D eigenvalue weighted by molar-refractivity contribution is -0.0501. The molecule has 6 N–H and O–H groups in total. The van der Waals surface area contributed by atoms with Crippen LogP contribution in [-0.4, -0.2) is 72.6 Å². The Morgan fingerprint density at radius 2 is 2.03 bits per heavy atom. The largest absolute Gasteiger partial charge is 0.490 e. The van der Waals surface area contributed by atoms with Crippen molar-refractivity contribution in [3.05, 3.63) is 48.8 Å². The minimum absolute atomic E-state index is 0.127. The second kappa shape index (κ2) is 9.28. The highest BCUT2D eigenvalue weighted by Crippen LogP contribution is 2.35. The van der Waals surface area contributed by atoms with Crippen LogP contribution in [0.3, 0.4) is 0 Å². The molecule has 3 aromatic rings. The maximum Gasteiger partial charge on any atom is 0.228 e. The number of imidazole rings is 1. The van der Waals surface area contributed by atoms with Gasteiger partial charge >= 0.3 is 0 Å². The van der Waals surface area contributed by atoms with E-state index in [-0.39, 0.29) is 22.9 Å². The van der Waals surface area contributed by atoms with Gasteiger partial charge < -0.3 is 30.5 Å². The number of aromatic nitrogens is 4. The number of fused-ring (bicyclic) bond motifs is 1. The molecule has 12 heteroatoms. The van der Waals surface area contributed by atoms with Gasteiger partial charge in [0, 0.05) is 0 Å². The molecule has 0 unspecified atom stereocenters. The highest BCUT2D eigenvalue weighted by molar-refractivity contribution is 5.84. The number of ether oxygens (including phenoxy) is 2. The van der Waals surface area contributed by atoms with Crippen LogP contribution in [0.1, 0.15) is 11.8 Å². The van der Waals surface area contributed by atoms with Gasteiger partial charge in [-0.1, -0.05) is 12.7 Å². The standard InChI is InChI=1S/C20H23N7O5/c1-2-7-31-12-5-3-11(4-6-12)8-24-26-20-25-14-17(21)22-10-23-18(14)27(20)19-16(30)15(29)13(9-28)32-19/h2-6,8,10,13,15-16,19,28-30H,1,7,9H2,(H,25,26)(H2,21,22,23)/t13-,15+,16-,19+/m0/s1. The maximum absolute atomic E-state index is 10.5. The van der Waals surface area contributed by atoms with Crippen LogP contribution in [-0.2, 0) is 4.74 Å². The third-order valence-corrected chi connectivity index (χ3v) is 4.90. The third kappa shape index (κ3) is 4.11. The fourth-order valence-corrected chi connectivity index (χ4v) is 3.31. The van der Waals surface area contributed by atoms with Crippen molar-refractivity contribution in [2.24, 2.45) is 5.10 Å². The van der Waals surface area contributed by atoms with E-state index < -0.39 is 31.1 Å². The molecule has 0 spiro atoms. The SMILES string of the molecule is C=CCOc1ccc(C=NNc2nc3c(N)ncnc3n2[C@@H]2O[C@@H](CO)[C@@H](O)[C@@H]2O)cc1. The van der Waals surface area contributed by atoms with Crippen LogP contribution in [0.4, 0.5) is 11.8 Å². The van der Waals surface area contributed by atoms with Crippen LogP contribution in [0, 0.1) is 0 Å². The predicted octanol–water partition coefficient (Wildman–Crippen LogP) is 0.0308. The van der Waals surface area contributed by atoms with Gasteiger partial charge in [-0.3, -0.25) is 4.57 Å². The number of aliphatic hydroxyl groups is 3. The lowest BCUT2D eigenvalue weighted by Crippen LogP contribution is -2.33. The molecular formula is C20H23N7O5. The van der Waals surface area contributed by atoms with Gasteiger partial charge in [0.05, 0.1) is 12.8 Å². The summed E-state index contributed by atoms with van der Waals surface area (Å²) < 4.78 is 12.5. The first-order valence-corrected chi connectivity index (χ1v) is 9.77. The average Bonchev–Trinajstić information content (AvgIpc) is 3.31.